The van der Waals surface area contributed by atoms with Crippen LogP contribution in [0.1, 0.15) is 45.1 Å². The Bertz CT molecular complexity index is 838. The first-order valence-electron chi connectivity index (χ1n) is 10.4. The Kier molecular flexibility index (Phi) is 5.40. The molecule has 2 saturated heterocycles. The number of rotatable bonds is 3. The van der Waals surface area contributed by atoms with E-state index in [1.165, 1.54) is 0 Å². The number of hydrogen-bond donors (Lipinski definition) is 0. The quantitative estimate of drug-likeness (QED) is 0.774. The van der Waals surface area contributed by atoms with Crippen molar-refractivity contribution in [1.29, 1.82) is 0 Å². The Balaban J connectivity index is 1.46. The van der Waals surface area contributed by atoms with Gasteiger partial charge < -0.3 is 9.64 Å². The number of carbonyl (C=O) groups is 1. The molecule has 0 radical (unpaired) electrons. The van der Waals surface area contributed by atoms with Gasteiger partial charge in [0.15, 0.2) is 6.10 Å². The van der Waals surface area contributed by atoms with Crippen molar-refractivity contribution in [1.82, 2.24) is 9.21 Å². The van der Waals surface area contributed by atoms with Crippen LogP contribution in [0.4, 0.5) is 0 Å². The van der Waals surface area contributed by atoms with Gasteiger partial charge in [-0.05, 0) is 61.3 Å². The van der Waals surface area contributed by atoms with Gasteiger partial charge in [0.05, 0.1) is 4.90 Å². The molecule has 0 saturated carbocycles. The molecule has 0 aliphatic carbocycles. The molecule has 3 heterocycles. The van der Waals surface area contributed by atoms with Crippen molar-refractivity contribution in [2.45, 2.75) is 57.0 Å². The maximum Gasteiger partial charge on any atom is 0.263 e. The van der Waals surface area contributed by atoms with E-state index in [2.05, 4.69) is 13.8 Å². The fourth-order valence-electron chi connectivity index (χ4n) is 4.33. The van der Waals surface area contributed by atoms with Crippen LogP contribution >= 0.6 is 0 Å². The lowest BCUT2D eigenvalue weighted by atomic mass is 9.98. The normalized spacial score (nSPS) is 24.8. The summed E-state index contributed by atoms with van der Waals surface area (Å²) in [6.45, 7) is 7.09. The zero-order valence-electron chi connectivity index (χ0n) is 16.8. The maximum absolute atomic E-state index is 13.0. The summed E-state index contributed by atoms with van der Waals surface area (Å²) < 4.78 is 33.5. The first-order valence-corrected chi connectivity index (χ1v) is 11.9. The second kappa shape index (κ2) is 7.67. The lowest BCUT2D eigenvalue weighted by Crippen LogP contribution is -2.45. The number of fused-ring (bicyclic) bond motifs is 1. The summed E-state index contributed by atoms with van der Waals surface area (Å²) in [6, 6.07) is 5.02. The zero-order chi connectivity index (χ0) is 19.9. The van der Waals surface area contributed by atoms with E-state index in [1.807, 2.05) is 4.90 Å². The molecule has 154 valence electrons. The molecule has 1 aromatic carbocycles. The Morgan fingerprint density at radius 3 is 2.25 bits per heavy atom. The Morgan fingerprint density at radius 2 is 1.61 bits per heavy atom. The number of amides is 1. The molecule has 7 heteroatoms. The van der Waals surface area contributed by atoms with Crippen molar-refractivity contribution in [2.24, 2.45) is 11.8 Å². The van der Waals surface area contributed by atoms with Gasteiger partial charge in [-0.2, -0.15) is 4.31 Å². The molecule has 4 rings (SSSR count). The number of piperidine rings is 2. The van der Waals surface area contributed by atoms with Crippen LogP contribution in [0.25, 0.3) is 0 Å². The van der Waals surface area contributed by atoms with Crippen LogP contribution in [0, 0.1) is 11.8 Å². The van der Waals surface area contributed by atoms with Crippen molar-refractivity contribution in [3.05, 3.63) is 23.8 Å². The monoisotopic (exact) mass is 406 g/mol. The number of carbonyl (C=O) groups excluding carboxylic acids is 1. The van der Waals surface area contributed by atoms with Crippen LogP contribution in [0.3, 0.4) is 0 Å². The summed E-state index contributed by atoms with van der Waals surface area (Å²) in [5, 5.41) is 0. The van der Waals surface area contributed by atoms with Crippen LogP contribution in [0.5, 0.6) is 5.75 Å². The van der Waals surface area contributed by atoms with E-state index in [9.17, 15) is 13.2 Å². The average Bonchev–Trinajstić information content (AvgIpc) is 3.12. The Morgan fingerprint density at radius 1 is 1.00 bits per heavy atom. The topological polar surface area (TPSA) is 66.9 Å². The van der Waals surface area contributed by atoms with Crippen LogP contribution in [-0.2, 0) is 21.2 Å². The van der Waals surface area contributed by atoms with E-state index < -0.39 is 16.1 Å². The second-order valence-electron chi connectivity index (χ2n) is 8.67. The van der Waals surface area contributed by atoms with Gasteiger partial charge in [-0.1, -0.05) is 13.8 Å². The van der Waals surface area contributed by atoms with Crippen LogP contribution in [-0.4, -0.2) is 55.8 Å². The van der Waals surface area contributed by atoms with Gasteiger partial charge in [0.25, 0.3) is 5.91 Å². The molecule has 0 bridgehead atoms. The van der Waals surface area contributed by atoms with Crippen molar-refractivity contribution in [3.8, 4) is 5.75 Å². The fourth-order valence-corrected chi connectivity index (χ4v) is 5.85. The molecular weight excluding hydrogens is 376 g/mol. The van der Waals surface area contributed by atoms with Crippen molar-refractivity contribution < 1.29 is 17.9 Å². The third-order valence-corrected chi connectivity index (χ3v) is 8.35. The number of nitrogens with zero attached hydrogens (tertiary/aromatic N) is 2. The Hall–Kier alpha value is -1.60. The number of ether oxygens (including phenoxy) is 1. The molecule has 1 amide bonds. The van der Waals surface area contributed by atoms with Gasteiger partial charge in [0, 0.05) is 32.6 Å². The summed E-state index contributed by atoms with van der Waals surface area (Å²) in [5.41, 5.74) is 0.815. The molecule has 6 nitrogen and oxygen atoms in total. The minimum atomic E-state index is -3.49. The number of sulfonamides is 1. The van der Waals surface area contributed by atoms with Crippen LogP contribution < -0.4 is 4.74 Å². The Labute approximate surface area is 167 Å². The van der Waals surface area contributed by atoms with Gasteiger partial charge in [-0.15, -0.1) is 0 Å². The summed E-state index contributed by atoms with van der Waals surface area (Å²) in [7, 11) is -3.49. The number of likely N-dealkylation sites (tertiary alicyclic amines) is 1. The lowest BCUT2D eigenvalue weighted by molar-refractivity contribution is -0.139. The standard InChI is InChI=1S/C21H30N2O4S/c1-15-5-9-22(10-6-15)21(24)20-14-17-13-18(3-4-19(17)27-20)28(25,26)23-11-7-16(2)8-12-23/h3-4,13,15-16,20H,5-12,14H2,1-2H3. The highest BCUT2D eigenvalue weighted by Crippen LogP contribution is 2.33. The number of benzene rings is 1. The third-order valence-electron chi connectivity index (χ3n) is 6.46. The first-order chi connectivity index (χ1) is 13.3. The van der Waals surface area contributed by atoms with E-state index in [4.69, 9.17) is 4.74 Å². The molecule has 0 spiro atoms. The molecule has 0 aromatic heterocycles. The first kappa shape index (κ1) is 19.7. The molecule has 2 fully saturated rings. The van der Waals surface area contributed by atoms with Gasteiger partial charge >= 0.3 is 0 Å². The smallest absolute Gasteiger partial charge is 0.263 e. The van der Waals surface area contributed by atoms with Gasteiger partial charge in [-0.25, -0.2) is 8.42 Å². The van der Waals surface area contributed by atoms with Gasteiger partial charge in [0.2, 0.25) is 10.0 Å². The van der Waals surface area contributed by atoms with E-state index >= 15 is 0 Å². The largest absolute Gasteiger partial charge is 0.480 e. The molecule has 3 aliphatic heterocycles. The minimum Gasteiger partial charge on any atom is -0.480 e. The van der Waals surface area contributed by atoms with Crippen LogP contribution in [0.2, 0.25) is 0 Å². The molecule has 0 N–H and O–H groups in total. The summed E-state index contributed by atoms with van der Waals surface area (Å²) in [5.74, 6) is 1.90. The predicted molar refractivity (Wildman–Crippen MR) is 107 cm³/mol. The van der Waals surface area contributed by atoms with Crippen LogP contribution in [0.15, 0.2) is 23.1 Å². The highest BCUT2D eigenvalue weighted by Gasteiger charge is 2.35. The highest BCUT2D eigenvalue weighted by molar-refractivity contribution is 7.89. The molecule has 3 aliphatic rings. The summed E-state index contributed by atoms with van der Waals surface area (Å²) >= 11 is 0. The van der Waals surface area contributed by atoms with Crippen molar-refractivity contribution >= 4 is 15.9 Å². The molecule has 28 heavy (non-hydrogen) atoms. The number of hydrogen-bond acceptors (Lipinski definition) is 4. The van der Waals surface area contributed by atoms with E-state index in [0.717, 1.165) is 44.3 Å². The molecule has 1 atom stereocenters. The summed E-state index contributed by atoms with van der Waals surface area (Å²) in [6.07, 6.45) is 3.78. The molecular formula is C21H30N2O4S. The molecule has 1 unspecified atom stereocenters. The van der Waals surface area contributed by atoms with Crippen molar-refractivity contribution in [2.75, 3.05) is 26.2 Å². The zero-order valence-corrected chi connectivity index (χ0v) is 17.6. The van der Waals surface area contributed by atoms with Gasteiger partial charge in [-0.3, -0.25) is 4.79 Å². The minimum absolute atomic E-state index is 0.0255. The lowest BCUT2D eigenvalue weighted by Gasteiger charge is -2.31. The highest BCUT2D eigenvalue weighted by atomic mass is 32.2. The average molecular weight is 407 g/mol. The third kappa shape index (κ3) is 3.79. The van der Waals surface area contributed by atoms with E-state index in [1.54, 1.807) is 22.5 Å². The van der Waals surface area contributed by atoms with E-state index in [0.29, 0.717) is 42.0 Å². The summed E-state index contributed by atoms with van der Waals surface area (Å²) in [4.78, 5) is 15.0. The predicted octanol–water partition coefficient (Wildman–Crippen LogP) is 2.67. The van der Waals surface area contributed by atoms with Crippen molar-refractivity contribution in [3.63, 3.8) is 0 Å². The molecule has 1 aromatic rings. The maximum atomic E-state index is 13.0. The second-order valence-corrected chi connectivity index (χ2v) is 10.6. The van der Waals surface area contributed by atoms with Gasteiger partial charge in [0.1, 0.15) is 5.75 Å². The van der Waals surface area contributed by atoms with E-state index in [-0.39, 0.29) is 5.91 Å². The fraction of sp³-hybridized carbons (Fsp3) is 0.667. The SMILES string of the molecule is CC1CCN(C(=O)C2Cc3cc(S(=O)(=O)N4CCC(C)CC4)ccc3O2)CC1.